The molecule has 7 fully saturated rings. The number of aromatic nitrogens is 14. The predicted octanol–water partition coefficient (Wildman–Crippen LogP) is -3.41. The Bertz CT molecular complexity index is 6380. The van der Waals surface area contributed by atoms with Crippen LogP contribution >= 0.6 is 46.9 Å². The molecule has 0 aromatic carbocycles. The van der Waals surface area contributed by atoms with Gasteiger partial charge in [0, 0.05) is 105 Å². The number of nitrogens with two attached hydrogens (primary N) is 5. The summed E-state index contributed by atoms with van der Waals surface area (Å²) in [4.78, 5) is 207. The van der Waals surface area contributed by atoms with Crippen LogP contribution in [0.25, 0.3) is 0 Å². The van der Waals surface area contributed by atoms with E-state index in [0.717, 1.165) is 69.0 Å². The Kier molecular flexibility index (Phi) is 30.4. The SMILES string of the molecule is Cc1cn([C@H]2C[C@H](OP(=O)(O)OC[C@H]3O[C@@H](n4ccc(N)nc4=O)C[C@@H]3OP(=O)(O)OC[C@H]3O[C@@H](n4cc(C)c(=O)[nH]c4=O)C[C@@H]3OP(=O)(O)OC[C@H]3O[C@@H](n4ccc(N)nc4=O)C[C@@H]3OP(=O)(O)OC[C@H]3O[C@@H](n4cc(C)c(=O)[nH]c4=O)C[C@@H]3OP(=O)(O)OC[C@H]3O[C@@H](n4ccc(N)nc4=O)C[C@@H]3OP(=O)(O)OC[C@H]3O[C@@H](n4ccc(N)nc4=O)C[C@@H]3O)[C@@H](CO)O2)c(=O)nc1N. The van der Waals surface area contributed by atoms with E-state index < -0.39 is 305 Å². The molecule has 7 saturated heterocycles. The second-order valence-electron chi connectivity index (χ2n) is 30.9. The summed E-state index contributed by atoms with van der Waals surface area (Å²) in [5.41, 5.74) is 20.0. The van der Waals surface area contributed by atoms with Gasteiger partial charge < -0.3 is 101 Å². The third-order valence-corrected chi connectivity index (χ3v) is 27.6. The predicted molar refractivity (Wildman–Crippen MR) is 438 cm³/mol. The first-order chi connectivity index (χ1) is 62.5. The number of nitrogen functional groups attached to an aromatic ring is 5. The number of nitrogens with zero attached hydrogens (tertiary/aromatic N) is 12. The number of anilines is 5. The molecule has 133 heavy (non-hydrogen) atoms. The third kappa shape index (κ3) is 24.5. The van der Waals surface area contributed by atoms with Crippen molar-refractivity contribution in [3.8, 4) is 0 Å². The van der Waals surface area contributed by atoms with Crippen LogP contribution < -0.4 is 79.6 Å². The second-order valence-corrected chi connectivity index (χ2v) is 39.3. The second kappa shape index (κ2) is 40.4. The van der Waals surface area contributed by atoms with E-state index in [4.69, 9.17) is 116 Å². The Balaban J connectivity index is 0.651. The van der Waals surface area contributed by atoms with E-state index in [2.05, 4.69) is 24.9 Å². The van der Waals surface area contributed by atoms with Crippen molar-refractivity contribution >= 4 is 76.0 Å². The molecule has 14 heterocycles. The first kappa shape index (κ1) is 100. The number of nitrogens with one attached hydrogen (secondary N) is 2. The van der Waals surface area contributed by atoms with Crippen molar-refractivity contribution in [3.05, 3.63) is 178 Å². The molecule has 0 saturated carbocycles. The molecule has 20 N–H and O–H groups in total. The van der Waals surface area contributed by atoms with E-state index in [1.54, 1.807) is 0 Å². The zero-order chi connectivity index (χ0) is 96.0. The first-order valence-electron chi connectivity index (χ1n) is 39.7. The van der Waals surface area contributed by atoms with Crippen LogP contribution in [0.4, 0.5) is 29.1 Å². The Morgan fingerprint density at radius 1 is 0.338 bits per heavy atom. The van der Waals surface area contributed by atoms with Gasteiger partial charge in [-0.15, -0.1) is 0 Å². The van der Waals surface area contributed by atoms with Crippen LogP contribution in [0.3, 0.4) is 0 Å². The van der Waals surface area contributed by atoms with Crippen molar-refractivity contribution in [1.29, 1.82) is 0 Å². The average molecular weight is 2010 g/mol. The topological polar surface area (TPSA) is 854 Å². The number of phosphoric acid groups is 6. The largest absolute Gasteiger partial charge is 0.472 e. The molecule has 0 radical (unpaired) electrons. The highest BCUT2D eigenvalue weighted by atomic mass is 31.2. The molecule has 61 nitrogen and oxygen atoms in total. The third-order valence-electron chi connectivity index (χ3n) is 21.5. The van der Waals surface area contributed by atoms with Crippen LogP contribution in [0.5, 0.6) is 0 Å². The highest BCUT2D eigenvalue weighted by Crippen LogP contribution is 2.57. The minimum absolute atomic E-state index is 0.0742. The first-order valence-corrected chi connectivity index (χ1v) is 48.7. The van der Waals surface area contributed by atoms with Gasteiger partial charge in [0.2, 0.25) is 0 Å². The van der Waals surface area contributed by atoms with Crippen molar-refractivity contribution in [1.82, 2.24) is 66.9 Å². The summed E-state index contributed by atoms with van der Waals surface area (Å²) in [5, 5.41) is 21.0. The van der Waals surface area contributed by atoms with E-state index >= 15 is 0 Å². The molecule has 6 unspecified atom stereocenters. The monoisotopic (exact) mass is 2010 g/mol. The Morgan fingerprint density at radius 2 is 0.564 bits per heavy atom. The summed E-state index contributed by atoms with van der Waals surface area (Å²) in [6.07, 6.45) is -29.5. The quantitative estimate of drug-likeness (QED) is 0.0168. The number of hydrogen-bond acceptors (Lipinski definition) is 46. The van der Waals surface area contributed by atoms with Gasteiger partial charge >= 0.3 is 86.8 Å². The van der Waals surface area contributed by atoms with Crippen LogP contribution in [0.2, 0.25) is 0 Å². The van der Waals surface area contributed by atoms with Crippen molar-refractivity contribution < 1.29 is 154 Å². The number of ether oxygens (including phenoxy) is 7. The fourth-order valence-corrected chi connectivity index (χ4v) is 20.8. The van der Waals surface area contributed by atoms with E-state index in [1.165, 1.54) is 51.4 Å². The maximum atomic E-state index is 14.4. The molecule has 7 aliphatic heterocycles. The fraction of sp³-hybridized carbons (Fsp3) is 0.576. The Morgan fingerprint density at radius 3 is 0.842 bits per heavy atom. The van der Waals surface area contributed by atoms with Crippen LogP contribution in [-0.4, -0.2) is 238 Å². The van der Waals surface area contributed by atoms with Crippen molar-refractivity contribution in [3.63, 3.8) is 0 Å². The van der Waals surface area contributed by atoms with Crippen LogP contribution in [0.15, 0.2) is 111 Å². The number of aromatic amines is 2. The standard InChI is InChI=1S/C66H89N19O42P6/c1-29-19-83(64(94)76-57(29)71)54-13-33(39(22-86)115-54)122-129(99,100)110-24-41-35(15-52(117-41)81-10-6-48(69)74-62(81)92)124-130(101,102)113-27-44-38(18-56(120-44)85-21-31(3)59(89)78-66(85)96)127-133(107,108)112-26-43-36(16-53(119-43)82-11-7-49(70)75-63(82)93)125-131(103,104)114-28-45-37(17-55(121-45)84-20-30(2)58(88)77-65(84)95)126-132(105,106)111-25-42-34(14-51(118-42)80-9-5-47(68)73-61(80)91)123-128(97,98)109-23-40-32(87)12-50(116-40)79-8-4-46(67)72-60(79)90/h4-11,19-21,32-45,50-56,86-87H,12-18,22-28H2,1-3H3,(H,97,98)(H,99,100)(H,101,102)(H,103,104)(H,105,106)(H,107,108)(H2,67,72,90)(H2,68,73,91)(H2,69,74,92)(H2,70,75,93)(H2,71,76,94)(H,77,88,95)(H,78,89,96)/t32-,33-,34-,35-,36-,37-,38-,39+,40+,41+,42+,43+,44+,45+,50+,51+,52+,53+,54+,55+,56+/m0/s1. The maximum absolute atomic E-state index is 14.4. The molecule has 7 aliphatic rings. The lowest BCUT2D eigenvalue weighted by Gasteiger charge is -2.26. The molecule has 7 aromatic rings. The zero-order valence-electron chi connectivity index (χ0n) is 69.3. The summed E-state index contributed by atoms with van der Waals surface area (Å²) >= 11 is 0. The summed E-state index contributed by atoms with van der Waals surface area (Å²) in [5.74, 6) is -0.956. The van der Waals surface area contributed by atoms with Crippen molar-refractivity contribution in [2.75, 3.05) is 74.9 Å². The lowest BCUT2D eigenvalue weighted by Crippen LogP contribution is -2.33. The smallest absolute Gasteiger partial charge is 0.394 e. The number of aliphatic hydroxyl groups excluding tert-OH is 2. The molecular weight excluding hydrogens is 1920 g/mol. The van der Waals surface area contributed by atoms with Gasteiger partial charge in [0.25, 0.3) is 11.1 Å². The van der Waals surface area contributed by atoms with Crippen LogP contribution in [-0.2, 0) is 115 Å². The summed E-state index contributed by atoms with van der Waals surface area (Å²) in [7, 11) is -33.4. The lowest BCUT2D eigenvalue weighted by atomic mass is 10.2. The minimum Gasteiger partial charge on any atom is -0.394 e. The molecule has 0 amide bonds. The van der Waals surface area contributed by atoms with Gasteiger partial charge in [-0.25, -0.2) is 61.0 Å². The number of aliphatic hydroxyl groups is 2. The van der Waals surface area contributed by atoms with Crippen LogP contribution in [0.1, 0.15) is 105 Å². The number of phosphoric ester groups is 6. The number of H-pyrrole nitrogens is 2. The van der Waals surface area contributed by atoms with Gasteiger partial charge in [0.05, 0.1) is 52.4 Å². The average Bonchev–Trinajstić information content (AvgIpc) is 1.66. The summed E-state index contributed by atoms with van der Waals surface area (Å²) in [6, 6.07) is 4.78. The fourth-order valence-electron chi connectivity index (χ4n) is 15.0. The molecule has 0 aliphatic carbocycles. The van der Waals surface area contributed by atoms with Crippen molar-refractivity contribution in [2.24, 2.45) is 0 Å². The molecule has 730 valence electrons. The van der Waals surface area contributed by atoms with E-state index in [9.17, 15) is 110 Å². The zero-order valence-corrected chi connectivity index (χ0v) is 74.6. The maximum Gasteiger partial charge on any atom is 0.472 e. The summed E-state index contributed by atoms with van der Waals surface area (Å²) < 4.78 is 198. The highest BCUT2D eigenvalue weighted by Gasteiger charge is 2.53. The van der Waals surface area contributed by atoms with Gasteiger partial charge in [-0.05, 0) is 45.0 Å². The normalized spacial score (nSPS) is 30.5. The van der Waals surface area contributed by atoms with Gasteiger partial charge in [-0.3, -0.25) is 106 Å². The van der Waals surface area contributed by atoms with Gasteiger partial charge in [-0.2, -0.15) is 24.9 Å². The molecule has 7 aromatic heterocycles. The van der Waals surface area contributed by atoms with Gasteiger partial charge in [-0.1, -0.05) is 0 Å². The Labute approximate surface area is 742 Å². The molecule has 27 atom stereocenters. The number of rotatable bonds is 38. The number of aryl methyl sites for hydroxylation is 3. The van der Waals surface area contributed by atoms with E-state index in [0.29, 0.717) is 5.56 Å². The van der Waals surface area contributed by atoms with Gasteiger partial charge in [0.1, 0.15) is 152 Å². The molecule has 0 spiro atoms. The molecule has 14 rings (SSSR count). The van der Waals surface area contributed by atoms with Crippen LogP contribution in [0, 0.1) is 20.8 Å². The molecule has 67 heteroatoms. The Hall–Kier alpha value is -8.94. The minimum atomic E-state index is -5.73. The highest BCUT2D eigenvalue weighted by molar-refractivity contribution is 7.48. The number of hydrogen-bond donors (Lipinski definition) is 15. The lowest BCUT2D eigenvalue weighted by molar-refractivity contribution is -0.0661. The van der Waals surface area contributed by atoms with E-state index in [1.807, 2.05) is 9.97 Å². The summed E-state index contributed by atoms with van der Waals surface area (Å²) in [6.45, 7) is -3.34. The van der Waals surface area contributed by atoms with E-state index in [-0.39, 0.29) is 53.1 Å². The van der Waals surface area contributed by atoms with Gasteiger partial charge in [0.15, 0.2) is 0 Å². The van der Waals surface area contributed by atoms with Crippen molar-refractivity contribution in [2.45, 2.75) is 195 Å². The molecule has 0 bridgehead atoms. The molecular formula is C66H89N19O42P6.